The van der Waals surface area contributed by atoms with Crippen molar-refractivity contribution in [3.05, 3.63) is 82.3 Å². The molecule has 168 valence electrons. The van der Waals surface area contributed by atoms with Crippen molar-refractivity contribution >= 4 is 27.6 Å². The van der Waals surface area contributed by atoms with Crippen LogP contribution in [0.15, 0.2) is 57.8 Å². The molecule has 9 heteroatoms. The van der Waals surface area contributed by atoms with E-state index >= 15 is 0 Å². The standard InChI is InChI=1S/C23H24N2O6S/c1-14-5-8-17(9-6-14)25-32(28,29)19-10-7-15(2)20(12-19)22(26)24-13-18-11-21(16(3)31-18)23(27)30-4/h5-12,25H,13H2,1-4H3,(H,24,26). The molecule has 1 heterocycles. The molecule has 0 unspecified atom stereocenters. The third-order valence-corrected chi connectivity index (χ3v) is 6.24. The maximum absolute atomic E-state index is 12.8. The van der Waals surface area contributed by atoms with Gasteiger partial charge in [-0.3, -0.25) is 9.52 Å². The van der Waals surface area contributed by atoms with Gasteiger partial charge < -0.3 is 14.5 Å². The molecule has 3 aromatic rings. The first-order valence-corrected chi connectivity index (χ1v) is 11.2. The Morgan fingerprint density at radius 1 is 0.969 bits per heavy atom. The minimum absolute atomic E-state index is 0.0225. The third kappa shape index (κ3) is 5.17. The van der Waals surface area contributed by atoms with Crippen LogP contribution in [0.25, 0.3) is 0 Å². The first-order valence-electron chi connectivity index (χ1n) is 9.76. The number of furan rings is 1. The van der Waals surface area contributed by atoms with Gasteiger partial charge in [-0.25, -0.2) is 13.2 Å². The Labute approximate surface area is 186 Å². The SMILES string of the molecule is COC(=O)c1cc(CNC(=O)c2cc(S(=O)(=O)Nc3ccc(C)cc3)ccc2C)oc1C. The number of methoxy groups -OCH3 is 1. The molecule has 8 nitrogen and oxygen atoms in total. The van der Waals surface area contributed by atoms with E-state index in [1.807, 2.05) is 6.92 Å². The van der Waals surface area contributed by atoms with Crippen LogP contribution in [-0.4, -0.2) is 27.4 Å². The highest BCUT2D eigenvalue weighted by atomic mass is 32.2. The molecular weight excluding hydrogens is 432 g/mol. The number of hydrogen-bond acceptors (Lipinski definition) is 6. The Kier molecular flexibility index (Phi) is 6.69. The van der Waals surface area contributed by atoms with Crippen LogP contribution in [-0.2, 0) is 21.3 Å². The quantitative estimate of drug-likeness (QED) is 0.524. The van der Waals surface area contributed by atoms with Gasteiger partial charge in [-0.15, -0.1) is 0 Å². The summed E-state index contributed by atoms with van der Waals surface area (Å²) in [5, 5.41) is 2.69. The van der Waals surface area contributed by atoms with Crippen LogP contribution in [0, 0.1) is 20.8 Å². The lowest BCUT2D eigenvalue weighted by Crippen LogP contribution is -2.24. The molecule has 0 bridgehead atoms. The van der Waals surface area contributed by atoms with E-state index in [2.05, 4.69) is 14.8 Å². The van der Waals surface area contributed by atoms with E-state index in [1.54, 1.807) is 44.2 Å². The van der Waals surface area contributed by atoms with Gasteiger partial charge in [0.2, 0.25) is 0 Å². The number of nitrogens with one attached hydrogen (secondary N) is 2. The third-order valence-electron chi connectivity index (χ3n) is 4.87. The fourth-order valence-corrected chi connectivity index (χ4v) is 4.14. The van der Waals surface area contributed by atoms with Crippen LogP contribution >= 0.6 is 0 Å². The number of carbonyl (C=O) groups is 2. The largest absolute Gasteiger partial charge is 0.465 e. The van der Waals surface area contributed by atoms with E-state index in [-0.39, 0.29) is 22.6 Å². The van der Waals surface area contributed by atoms with E-state index < -0.39 is 21.9 Å². The number of benzene rings is 2. The second-order valence-electron chi connectivity index (χ2n) is 7.31. The summed E-state index contributed by atoms with van der Waals surface area (Å²) in [6, 6.07) is 12.8. The number of ether oxygens (including phenoxy) is 1. The Morgan fingerprint density at radius 2 is 1.66 bits per heavy atom. The van der Waals surface area contributed by atoms with Gasteiger partial charge in [0.05, 0.1) is 18.6 Å². The average Bonchev–Trinajstić information content (AvgIpc) is 3.13. The van der Waals surface area contributed by atoms with E-state index in [0.717, 1.165) is 5.56 Å². The lowest BCUT2D eigenvalue weighted by atomic mass is 10.1. The Hall–Kier alpha value is -3.59. The highest BCUT2D eigenvalue weighted by Gasteiger charge is 2.20. The summed E-state index contributed by atoms with van der Waals surface area (Å²) < 4.78 is 38.2. The van der Waals surface area contributed by atoms with E-state index in [4.69, 9.17) is 4.42 Å². The maximum atomic E-state index is 12.8. The maximum Gasteiger partial charge on any atom is 0.341 e. The van der Waals surface area contributed by atoms with Crippen molar-refractivity contribution in [2.24, 2.45) is 0 Å². The Balaban J connectivity index is 1.77. The van der Waals surface area contributed by atoms with Gasteiger partial charge in [0.1, 0.15) is 17.1 Å². The molecular formula is C23H24N2O6S. The van der Waals surface area contributed by atoms with Gasteiger partial charge in [-0.05, 0) is 56.7 Å². The predicted octanol–water partition coefficient (Wildman–Crippen LogP) is 3.72. The number of rotatable bonds is 7. The van der Waals surface area contributed by atoms with Gasteiger partial charge in [0.15, 0.2) is 0 Å². The number of amides is 1. The molecule has 2 aromatic carbocycles. The molecule has 0 spiro atoms. The van der Waals surface area contributed by atoms with Gasteiger partial charge in [0, 0.05) is 11.3 Å². The summed E-state index contributed by atoms with van der Waals surface area (Å²) in [5.41, 5.74) is 2.54. The van der Waals surface area contributed by atoms with Crippen LogP contribution in [0.1, 0.15) is 43.4 Å². The lowest BCUT2D eigenvalue weighted by Gasteiger charge is -2.12. The molecule has 0 aliphatic rings. The highest BCUT2D eigenvalue weighted by molar-refractivity contribution is 7.92. The van der Waals surface area contributed by atoms with Crippen LogP contribution in [0.3, 0.4) is 0 Å². The second-order valence-corrected chi connectivity index (χ2v) is 8.99. The van der Waals surface area contributed by atoms with Crippen LogP contribution in [0.4, 0.5) is 5.69 Å². The number of esters is 1. The van der Waals surface area contributed by atoms with Crippen molar-refractivity contribution in [3.63, 3.8) is 0 Å². The molecule has 0 fully saturated rings. The molecule has 1 amide bonds. The molecule has 32 heavy (non-hydrogen) atoms. The summed E-state index contributed by atoms with van der Waals surface area (Å²) >= 11 is 0. The summed E-state index contributed by atoms with van der Waals surface area (Å²) in [6.07, 6.45) is 0. The van der Waals surface area contributed by atoms with Crippen molar-refractivity contribution in [1.29, 1.82) is 0 Å². The van der Waals surface area contributed by atoms with Gasteiger partial charge in [-0.2, -0.15) is 0 Å². The molecule has 0 saturated heterocycles. The number of carbonyl (C=O) groups excluding carboxylic acids is 2. The average molecular weight is 457 g/mol. The van der Waals surface area contributed by atoms with Gasteiger partial charge in [0.25, 0.3) is 15.9 Å². The van der Waals surface area contributed by atoms with Crippen LogP contribution in [0.5, 0.6) is 0 Å². The predicted molar refractivity (Wildman–Crippen MR) is 119 cm³/mol. The van der Waals surface area contributed by atoms with E-state index in [1.165, 1.54) is 25.3 Å². The topological polar surface area (TPSA) is 115 Å². The van der Waals surface area contributed by atoms with E-state index in [0.29, 0.717) is 22.8 Å². The van der Waals surface area contributed by atoms with Gasteiger partial charge in [-0.1, -0.05) is 23.8 Å². The first kappa shape index (κ1) is 23.1. The van der Waals surface area contributed by atoms with Crippen molar-refractivity contribution in [2.45, 2.75) is 32.2 Å². The molecule has 0 aliphatic carbocycles. The first-order chi connectivity index (χ1) is 15.1. The number of aryl methyl sites for hydroxylation is 3. The summed E-state index contributed by atoms with van der Waals surface area (Å²) in [7, 11) is -2.61. The van der Waals surface area contributed by atoms with Crippen molar-refractivity contribution in [2.75, 3.05) is 11.8 Å². The molecule has 1 aromatic heterocycles. The van der Waals surface area contributed by atoms with Crippen LogP contribution < -0.4 is 10.0 Å². The summed E-state index contributed by atoms with van der Waals surface area (Å²) in [5.74, 6) is -0.242. The van der Waals surface area contributed by atoms with Gasteiger partial charge >= 0.3 is 5.97 Å². The zero-order valence-corrected chi connectivity index (χ0v) is 19.0. The Morgan fingerprint density at radius 3 is 2.31 bits per heavy atom. The fraction of sp³-hybridized carbons (Fsp3) is 0.217. The zero-order valence-electron chi connectivity index (χ0n) is 18.2. The normalized spacial score (nSPS) is 11.1. The number of hydrogen-bond donors (Lipinski definition) is 2. The molecule has 0 radical (unpaired) electrons. The monoisotopic (exact) mass is 456 g/mol. The Bertz CT molecular complexity index is 1260. The molecule has 0 atom stereocenters. The molecule has 0 saturated carbocycles. The zero-order chi connectivity index (χ0) is 23.5. The number of sulfonamides is 1. The lowest BCUT2D eigenvalue weighted by molar-refractivity contribution is 0.0598. The minimum atomic E-state index is -3.88. The summed E-state index contributed by atoms with van der Waals surface area (Å²) in [6.45, 7) is 5.26. The molecule has 0 aliphatic heterocycles. The summed E-state index contributed by atoms with van der Waals surface area (Å²) in [4.78, 5) is 24.4. The van der Waals surface area contributed by atoms with Crippen molar-refractivity contribution < 1.29 is 27.2 Å². The van der Waals surface area contributed by atoms with Crippen molar-refractivity contribution in [3.8, 4) is 0 Å². The minimum Gasteiger partial charge on any atom is -0.465 e. The fourth-order valence-electron chi connectivity index (χ4n) is 3.05. The highest BCUT2D eigenvalue weighted by Crippen LogP contribution is 2.20. The molecule has 2 N–H and O–H groups in total. The van der Waals surface area contributed by atoms with Crippen molar-refractivity contribution in [1.82, 2.24) is 5.32 Å². The smallest absolute Gasteiger partial charge is 0.341 e. The van der Waals surface area contributed by atoms with E-state index in [9.17, 15) is 18.0 Å². The van der Waals surface area contributed by atoms with Crippen LogP contribution in [0.2, 0.25) is 0 Å². The molecule has 3 rings (SSSR count). The number of anilines is 1. The second kappa shape index (κ2) is 9.27.